The third kappa shape index (κ3) is 6.60. The summed E-state index contributed by atoms with van der Waals surface area (Å²) in [6.07, 6.45) is 5.04. The fraction of sp³-hybridized carbons (Fsp3) is 0.286. The summed E-state index contributed by atoms with van der Waals surface area (Å²) in [7, 11) is 0. The molecule has 3 aliphatic rings. The maximum Gasteiger partial charge on any atom is 0.250 e. The first-order chi connectivity index (χ1) is 25.7. The second-order valence-corrected chi connectivity index (χ2v) is 14.3. The molecule has 1 N–H and O–H groups in total. The lowest BCUT2D eigenvalue weighted by atomic mass is 9.73. The number of rotatable bonds is 9. The molecule has 2 amide bonds. The molecule has 8 rings (SSSR count). The van der Waals surface area contributed by atoms with Crippen LogP contribution in [0.4, 0.5) is 24.5 Å². The minimum atomic E-state index is -0.983. The second kappa shape index (κ2) is 14.0. The summed E-state index contributed by atoms with van der Waals surface area (Å²) in [4.78, 5) is 30.6. The number of hydrogen-bond acceptors (Lipinski definition) is 6. The zero-order chi connectivity index (χ0) is 36.7. The van der Waals surface area contributed by atoms with E-state index < -0.39 is 17.7 Å². The third-order valence-electron chi connectivity index (χ3n) is 11.3. The molecule has 53 heavy (non-hydrogen) atoms. The van der Waals surface area contributed by atoms with Crippen LogP contribution in [0, 0.1) is 17.5 Å². The van der Waals surface area contributed by atoms with Crippen molar-refractivity contribution in [3.63, 3.8) is 0 Å². The normalized spacial score (nSPS) is 19.2. The number of hydrogen-bond donors (Lipinski definition) is 1. The van der Waals surface area contributed by atoms with Crippen molar-refractivity contribution < 1.29 is 27.2 Å². The van der Waals surface area contributed by atoms with E-state index in [-0.39, 0.29) is 53.6 Å². The highest BCUT2D eigenvalue weighted by molar-refractivity contribution is 6.03. The van der Waals surface area contributed by atoms with Crippen molar-refractivity contribution in [1.82, 2.24) is 15.5 Å². The molecule has 11 heteroatoms. The number of halogens is 3. The molecule has 4 aromatic carbocycles. The van der Waals surface area contributed by atoms with E-state index in [1.165, 1.54) is 18.2 Å². The standard InChI is InChI=1S/C42H38F3N5O3/c1-2-40(52)50-24-33(27-6-4-3-5-7-27)32-22-30(10-13-38(32)50)49-16-14-42(15-17-49)23-28(31-11-9-29(43)21-34(31)42)20-39(51)47-37(41-48-46-25-53-41)19-26-8-12-35(44)36(45)18-26/h2-13,18,21-22,25,28,33,37H,1,14-17,19-20,23-24H2,(H,47,51)/t28-,33?,37-/m1/s1. The molecule has 2 aliphatic heterocycles. The van der Waals surface area contributed by atoms with Gasteiger partial charge in [-0.25, -0.2) is 13.2 Å². The maximum atomic E-state index is 14.8. The quantitative estimate of drug-likeness (QED) is 0.158. The van der Waals surface area contributed by atoms with Crippen molar-refractivity contribution in [1.29, 1.82) is 0 Å². The van der Waals surface area contributed by atoms with Gasteiger partial charge in [0.25, 0.3) is 0 Å². The molecular formula is C42H38F3N5O3. The predicted octanol–water partition coefficient (Wildman–Crippen LogP) is 7.67. The highest BCUT2D eigenvalue weighted by Crippen LogP contribution is 2.53. The summed E-state index contributed by atoms with van der Waals surface area (Å²) in [5.41, 5.74) is 6.32. The molecule has 1 aliphatic carbocycles. The molecule has 0 bridgehead atoms. The van der Waals surface area contributed by atoms with Crippen LogP contribution in [-0.4, -0.2) is 41.6 Å². The summed E-state index contributed by atoms with van der Waals surface area (Å²) in [5.74, 6) is -2.58. The van der Waals surface area contributed by atoms with Crippen LogP contribution in [0.2, 0.25) is 0 Å². The van der Waals surface area contributed by atoms with Crippen LogP contribution in [0.25, 0.3) is 0 Å². The molecule has 3 atom stereocenters. The summed E-state index contributed by atoms with van der Waals surface area (Å²) >= 11 is 0. The lowest BCUT2D eigenvalue weighted by Crippen LogP contribution is -2.42. The number of aromatic nitrogens is 2. The Kier molecular flexibility index (Phi) is 9.10. The number of nitrogens with one attached hydrogen (secondary N) is 1. The van der Waals surface area contributed by atoms with E-state index in [1.807, 2.05) is 24.3 Å². The van der Waals surface area contributed by atoms with Gasteiger partial charge in [-0.05, 0) is 107 Å². The molecular weight excluding hydrogens is 679 g/mol. The minimum absolute atomic E-state index is 0.0408. The van der Waals surface area contributed by atoms with E-state index in [9.17, 15) is 22.8 Å². The lowest BCUT2D eigenvalue weighted by molar-refractivity contribution is -0.122. The highest BCUT2D eigenvalue weighted by Gasteiger charge is 2.46. The van der Waals surface area contributed by atoms with Crippen molar-refractivity contribution in [2.24, 2.45) is 0 Å². The average molecular weight is 718 g/mol. The Morgan fingerprint density at radius 2 is 1.77 bits per heavy atom. The van der Waals surface area contributed by atoms with Gasteiger partial charge >= 0.3 is 0 Å². The summed E-state index contributed by atoms with van der Waals surface area (Å²) in [5, 5.41) is 10.7. The van der Waals surface area contributed by atoms with Crippen LogP contribution in [0.1, 0.15) is 77.3 Å². The fourth-order valence-electron chi connectivity index (χ4n) is 8.73. The number of anilines is 2. The minimum Gasteiger partial charge on any atom is -0.426 e. The number of amides is 2. The zero-order valence-electron chi connectivity index (χ0n) is 29.0. The van der Waals surface area contributed by atoms with E-state index in [0.717, 1.165) is 78.1 Å². The molecule has 1 aromatic heterocycles. The Morgan fingerprint density at radius 3 is 2.51 bits per heavy atom. The van der Waals surface area contributed by atoms with Crippen molar-refractivity contribution in [3.05, 3.63) is 155 Å². The Labute approximate surface area is 305 Å². The maximum absolute atomic E-state index is 14.8. The molecule has 5 aromatic rings. The molecule has 8 nitrogen and oxygen atoms in total. The number of nitrogens with zero attached hydrogens (tertiary/aromatic N) is 4. The van der Waals surface area contributed by atoms with E-state index >= 15 is 0 Å². The first-order valence-corrected chi connectivity index (χ1v) is 17.9. The summed E-state index contributed by atoms with van der Waals surface area (Å²) < 4.78 is 47.8. The van der Waals surface area contributed by atoms with Gasteiger partial charge in [0.05, 0.1) is 0 Å². The van der Waals surface area contributed by atoms with E-state index in [1.54, 1.807) is 17.0 Å². The van der Waals surface area contributed by atoms with Gasteiger partial charge < -0.3 is 19.5 Å². The molecule has 1 fully saturated rings. The van der Waals surface area contributed by atoms with Gasteiger partial charge in [-0.1, -0.05) is 49.0 Å². The van der Waals surface area contributed by atoms with E-state index in [2.05, 4.69) is 51.3 Å². The highest BCUT2D eigenvalue weighted by atomic mass is 19.2. The fourth-order valence-corrected chi connectivity index (χ4v) is 8.73. The number of fused-ring (bicyclic) bond motifs is 3. The Hall–Kier alpha value is -5.71. The lowest BCUT2D eigenvalue weighted by Gasteiger charge is -2.41. The van der Waals surface area contributed by atoms with E-state index in [0.29, 0.717) is 18.5 Å². The van der Waals surface area contributed by atoms with Gasteiger partial charge in [0.15, 0.2) is 11.6 Å². The molecule has 1 saturated heterocycles. The van der Waals surface area contributed by atoms with Gasteiger partial charge in [0.2, 0.25) is 24.1 Å². The number of piperidine rings is 1. The van der Waals surface area contributed by atoms with Gasteiger partial charge in [0.1, 0.15) is 11.9 Å². The number of carbonyl (C=O) groups is 2. The van der Waals surface area contributed by atoms with Crippen LogP contribution < -0.4 is 15.1 Å². The summed E-state index contributed by atoms with van der Waals surface area (Å²) in [6, 6.07) is 24.3. The Balaban J connectivity index is 0.994. The van der Waals surface area contributed by atoms with Crippen molar-refractivity contribution in [2.45, 2.75) is 55.4 Å². The predicted molar refractivity (Wildman–Crippen MR) is 194 cm³/mol. The molecule has 270 valence electrons. The van der Waals surface area contributed by atoms with Crippen molar-refractivity contribution >= 4 is 23.2 Å². The van der Waals surface area contributed by atoms with Crippen LogP contribution in [0.5, 0.6) is 0 Å². The topological polar surface area (TPSA) is 91.6 Å². The van der Waals surface area contributed by atoms with Crippen molar-refractivity contribution in [3.8, 4) is 0 Å². The Morgan fingerprint density at radius 1 is 0.962 bits per heavy atom. The Bertz CT molecular complexity index is 2170. The van der Waals surface area contributed by atoms with E-state index in [4.69, 9.17) is 4.42 Å². The summed E-state index contributed by atoms with van der Waals surface area (Å²) in [6.45, 7) is 5.75. The molecule has 1 spiro atoms. The van der Waals surface area contributed by atoms with Gasteiger partial charge in [-0.3, -0.25) is 9.59 Å². The second-order valence-electron chi connectivity index (χ2n) is 14.3. The van der Waals surface area contributed by atoms with Gasteiger partial charge in [-0.15, -0.1) is 10.2 Å². The largest absolute Gasteiger partial charge is 0.426 e. The van der Waals surface area contributed by atoms with Crippen LogP contribution in [0.15, 0.2) is 108 Å². The first kappa shape index (κ1) is 34.4. The molecule has 0 radical (unpaired) electrons. The average Bonchev–Trinajstić information content (AvgIpc) is 3.91. The van der Waals surface area contributed by atoms with Crippen LogP contribution in [0.3, 0.4) is 0 Å². The molecule has 3 heterocycles. The van der Waals surface area contributed by atoms with Crippen LogP contribution >= 0.6 is 0 Å². The molecule has 0 saturated carbocycles. The van der Waals surface area contributed by atoms with Gasteiger partial charge in [0, 0.05) is 49.8 Å². The SMILES string of the molecule is C=CC(=O)N1CC(c2ccccc2)c2cc(N3CCC4(CC3)C[C@@H](CC(=O)N[C@H](Cc3ccc(F)c(F)c3)c3nnco3)c3ccc(F)cc34)ccc21. The number of benzene rings is 4. The monoisotopic (exact) mass is 717 g/mol. The zero-order valence-corrected chi connectivity index (χ0v) is 29.0. The number of carbonyl (C=O) groups excluding carboxylic acids is 2. The van der Waals surface area contributed by atoms with Gasteiger partial charge in [-0.2, -0.15) is 0 Å². The van der Waals surface area contributed by atoms with Crippen LogP contribution in [-0.2, 0) is 21.4 Å². The smallest absolute Gasteiger partial charge is 0.250 e. The molecule has 1 unspecified atom stereocenters. The third-order valence-corrected chi connectivity index (χ3v) is 11.3. The van der Waals surface area contributed by atoms with Crippen molar-refractivity contribution in [2.75, 3.05) is 29.4 Å². The first-order valence-electron chi connectivity index (χ1n) is 17.9.